The molecule has 2 heterocycles. The topological polar surface area (TPSA) is 111 Å². The Morgan fingerprint density at radius 3 is 2.80 bits per heavy atom. The highest BCUT2D eigenvalue weighted by Gasteiger charge is 2.07. The number of hydrogen-bond acceptors (Lipinski definition) is 9. The van der Waals surface area contributed by atoms with Gasteiger partial charge in [-0.25, -0.2) is 0 Å². The zero-order chi connectivity index (χ0) is 14.2. The van der Waals surface area contributed by atoms with Gasteiger partial charge in [0.25, 0.3) is 0 Å². The second-order valence-corrected chi connectivity index (χ2v) is 3.88. The first-order valence-electron chi connectivity index (χ1n) is 6.38. The van der Waals surface area contributed by atoms with Gasteiger partial charge < -0.3 is 19.9 Å². The van der Waals surface area contributed by atoms with Crippen LogP contribution in [0.4, 0.5) is 11.9 Å². The van der Waals surface area contributed by atoms with Crippen LogP contribution >= 0.6 is 0 Å². The van der Waals surface area contributed by atoms with Crippen LogP contribution in [0.25, 0.3) is 0 Å². The monoisotopic (exact) mass is 279 g/mol. The van der Waals surface area contributed by atoms with Gasteiger partial charge in [-0.05, 0) is 6.42 Å². The Kier molecular flexibility index (Phi) is 5.04. The van der Waals surface area contributed by atoms with Crippen LogP contribution in [0.3, 0.4) is 0 Å². The Hall–Kier alpha value is -2.45. The molecule has 9 nitrogen and oxygen atoms in total. The zero-order valence-corrected chi connectivity index (χ0v) is 11.5. The van der Waals surface area contributed by atoms with E-state index in [2.05, 4.69) is 35.7 Å². The van der Waals surface area contributed by atoms with Gasteiger partial charge in [-0.1, -0.05) is 12.1 Å². The molecule has 0 aliphatic rings. The van der Waals surface area contributed by atoms with Crippen molar-refractivity contribution in [3.05, 3.63) is 12.2 Å². The van der Waals surface area contributed by atoms with E-state index in [1.165, 1.54) is 6.33 Å². The molecule has 0 aliphatic heterocycles. The van der Waals surface area contributed by atoms with Crippen molar-refractivity contribution in [1.82, 2.24) is 25.1 Å². The minimum absolute atomic E-state index is 0.298. The molecule has 0 unspecified atom stereocenters. The molecule has 0 bridgehead atoms. The summed E-state index contributed by atoms with van der Waals surface area (Å²) in [6.07, 6.45) is 2.85. The van der Waals surface area contributed by atoms with E-state index in [1.54, 1.807) is 7.05 Å². The van der Waals surface area contributed by atoms with Crippen LogP contribution in [0.2, 0.25) is 0 Å². The Bertz CT molecular complexity index is 517. The number of aromatic nitrogens is 5. The van der Waals surface area contributed by atoms with E-state index in [9.17, 15) is 0 Å². The Morgan fingerprint density at radius 2 is 2.10 bits per heavy atom. The van der Waals surface area contributed by atoms with Gasteiger partial charge in [0.15, 0.2) is 6.33 Å². The number of nitrogens with one attached hydrogen (secondary N) is 2. The van der Waals surface area contributed by atoms with Crippen molar-refractivity contribution in [2.75, 3.05) is 30.8 Å². The summed E-state index contributed by atoms with van der Waals surface area (Å²) in [7, 11) is 1.74. The Morgan fingerprint density at radius 1 is 1.25 bits per heavy atom. The fraction of sp³-hybridized carbons (Fsp3) is 0.545. The van der Waals surface area contributed by atoms with Crippen LogP contribution in [0, 0.1) is 0 Å². The van der Waals surface area contributed by atoms with Gasteiger partial charge in [0.1, 0.15) is 0 Å². The van der Waals surface area contributed by atoms with Crippen molar-refractivity contribution >= 4 is 11.9 Å². The molecule has 0 radical (unpaired) electrons. The minimum atomic E-state index is 0.298. The zero-order valence-electron chi connectivity index (χ0n) is 11.5. The maximum atomic E-state index is 5.41. The molecular weight excluding hydrogens is 262 g/mol. The number of nitrogens with zero attached hydrogens (tertiary/aromatic N) is 5. The van der Waals surface area contributed by atoms with Crippen molar-refractivity contribution in [3.63, 3.8) is 0 Å². The molecule has 20 heavy (non-hydrogen) atoms. The lowest BCUT2D eigenvalue weighted by Crippen LogP contribution is -2.12. The third-order valence-electron chi connectivity index (χ3n) is 2.30. The van der Waals surface area contributed by atoms with Gasteiger partial charge in [-0.2, -0.15) is 19.9 Å². The van der Waals surface area contributed by atoms with Crippen LogP contribution in [-0.2, 0) is 6.42 Å². The standard InChI is InChI=1S/C11H17N7O2/c1-3-6-19-11-17-9(12-2)16-10(18-11)13-5-4-8-14-7-15-20-8/h7H,3-6H2,1-2H3,(H2,12,13,16,17,18). The largest absolute Gasteiger partial charge is 0.463 e. The molecule has 9 heteroatoms. The maximum absolute atomic E-state index is 5.41. The van der Waals surface area contributed by atoms with Gasteiger partial charge in [0, 0.05) is 20.0 Å². The highest BCUT2D eigenvalue weighted by Crippen LogP contribution is 2.11. The summed E-state index contributed by atoms with van der Waals surface area (Å²) in [5.41, 5.74) is 0. The van der Waals surface area contributed by atoms with Gasteiger partial charge in [-0.3, -0.25) is 0 Å². The molecule has 108 valence electrons. The van der Waals surface area contributed by atoms with Crippen LogP contribution < -0.4 is 15.4 Å². The molecule has 0 fully saturated rings. The van der Waals surface area contributed by atoms with E-state index in [-0.39, 0.29) is 0 Å². The molecule has 2 rings (SSSR count). The second-order valence-electron chi connectivity index (χ2n) is 3.88. The summed E-state index contributed by atoms with van der Waals surface area (Å²) in [6.45, 7) is 3.15. The second kappa shape index (κ2) is 7.22. The van der Waals surface area contributed by atoms with Crippen LogP contribution in [-0.4, -0.2) is 45.3 Å². The number of anilines is 2. The first-order chi connectivity index (χ1) is 9.81. The molecule has 0 atom stereocenters. The first kappa shape index (κ1) is 14.0. The lowest BCUT2D eigenvalue weighted by Gasteiger charge is -2.08. The van der Waals surface area contributed by atoms with Crippen LogP contribution in [0.15, 0.2) is 10.9 Å². The average Bonchev–Trinajstić information content (AvgIpc) is 2.98. The fourth-order valence-electron chi connectivity index (χ4n) is 1.39. The molecule has 2 aromatic rings. The van der Waals surface area contributed by atoms with Crippen LogP contribution in [0.5, 0.6) is 6.01 Å². The summed E-state index contributed by atoms with van der Waals surface area (Å²) in [6, 6.07) is 0.298. The lowest BCUT2D eigenvalue weighted by atomic mass is 10.4. The molecule has 0 amide bonds. The predicted octanol–water partition coefficient (Wildman–Crippen LogP) is 0.740. The van der Waals surface area contributed by atoms with Gasteiger partial charge in [0.2, 0.25) is 17.8 Å². The molecule has 0 aromatic carbocycles. The summed E-state index contributed by atoms with van der Waals surface area (Å²) in [5, 5.41) is 9.47. The highest BCUT2D eigenvalue weighted by molar-refractivity contribution is 5.35. The van der Waals surface area contributed by atoms with Crippen molar-refractivity contribution < 1.29 is 9.26 Å². The number of hydrogen-bond donors (Lipinski definition) is 2. The molecule has 0 spiro atoms. The minimum Gasteiger partial charge on any atom is -0.463 e. The maximum Gasteiger partial charge on any atom is 0.323 e. The third-order valence-corrected chi connectivity index (χ3v) is 2.30. The molecule has 0 saturated carbocycles. The van der Waals surface area contributed by atoms with Crippen molar-refractivity contribution in [3.8, 4) is 6.01 Å². The van der Waals surface area contributed by atoms with E-state index in [4.69, 9.17) is 9.26 Å². The average molecular weight is 279 g/mol. The normalized spacial score (nSPS) is 10.3. The first-order valence-corrected chi connectivity index (χ1v) is 6.38. The Balaban J connectivity index is 1.94. The molecule has 0 saturated heterocycles. The van der Waals surface area contributed by atoms with Crippen molar-refractivity contribution in [2.24, 2.45) is 0 Å². The van der Waals surface area contributed by atoms with Gasteiger partial charge >= 0.3 is 6.01 Å². The molecule has 2 aromatic heterocycles. The van der Waals surface area contributed by atoms with Gasteiger partial charge in [0.05, 0.1) is 6.61 Å². The quantitative estimate of drug-likeness (QED) is 0.722. The van der Waals surface area contributed by atoms with E-state index in [1.807, 2.05) is 6.92 Å². The summed E-state index contributed by atoms with van der Waals surface area (Å²) in [5.74, 6) is 1.45. The third kappa shape index (κ3) is 4.04. The predicted molar refractivity (Wildman–Crippen MR) is 71.7 cm³/mol. The summed E-state index contributed by atoms with van der Waals surface area (Å²) < 4.78 is 10.3. The number of rotatable bonds is 8. The summed E-state index contributed by atoms with van der Waals surface area (Å²) in [4.78, 5) is 16.4. The van der Waals surface area contributed by atoms with Crippen molar-refractivity contribution in [2.45, 2.75) is 19.8 Å². The van der Waals surface area contributed by atoms with Crippen molar-refractivity contribution in [1.29, 1.82) is 0 Å². The SMILES string of the molecule is CCCOc1nc(NC)nc(NCCc2ncno2)n1. The van der Waals surface area contributed by atoms with Crippen LogP contribution in [0.1, 0.15) is 19.2 Å². The highest BCUT2D eigenvalue weighted by atomic mass is 16.5. The molecule has 2 N–H and O–H groups in total. The lowest BCUT2D eigenvalue weighted by molar-refractivity contribution is 0.292. The molecular formula is C11H17N7O2. The van der Waals surface area contributed by atoms with E-state index in [0.717, 1.165) is 6.42 Å². The Labute approximate surface area is 116 Å². The smallest absolute Gasteiger partial charge is 0.323 e. The van der Waals surface area contributed by atoms with E-state index in [0.29, 0.717) is 43.4 Å². The molecule has 0 aliphatic carbocycles. The number of ether oxygens (including phenoxy) is 1. The van der Waals surface area contributed by atoms with Gasteiger partial charge in [-0.15, -0.1) is 0 Å². The summed E-state index contributed by atoms with van der Waals surface area (Å²) >= 11 is 0. The fourth-order valence-corrected chi connectivity index (χ4v) is 1.39. The van der Waals surface area contributed by atoms with E-state index >= 15 is 0 Å². The van der Waals surface area contributed by atoms with E-state index < -0.39 is 0 Å².